The first-order valence-electron chi connectivity index (χ1n) is 2.84. The smallest absolute Gasteiger partial charge is 0.399 e. The van der Waals surface area contributed by atoms with Gasteiger partial charge in [-0.15, -0.1) is 0 Å². The van der Waals surface area contributed by atoms with Crippen molar-refractivity contribution in [2.75, 3.05) is 0 Å². The van der Waals surface area contributed by atoms with Crippen LogP contribution >= 0.6 is 0 Å². The van der Waals surface area contributed by atoms with Crippen molar-refractivity contribution in [3.05, 3.63) is 0 Å². The van der Waals surface area contributed by atoms with Crippen LogP contribution in [-0.2, 0) is 18.9 Å². The monoisotopic (exact) mass is 157 g/mol. The molecule has 0 aromatic carbocycles. The molecule has 2 atom stereocenters. The zero-order valence-corrected chi connectivity index (χ0v) is 5.52. The number of amides is 2. The Morgan fingerprint density at radius 3 is 1.73 bits per heavy atom. The molecule has 7 heteroatoms. The zero-order chi connectivity index (χ0) is 8.43. The van der Waals surface area contributed by atoms with E-state index in [1.807, 2.05) is 0 Å². The lowest BCUT2D eigenvalue weighted by Crippen LogP contribution is -2.44. The Hall–Kier alpha value is -1.08. The molecule has 0 aromatic heterocycles. The van der Waals surface area contributed by atoms with Crippen molar-refractivity contribution in [3.63, 3.8) is 0 Å². The van der Waals surface area contributed by atoms with Crippen LogP contribution in [0.4, 0.5) is 0 Å². The SMILES string of the molecule is NC(=O)C1O[B]OC1C(N)=O. The molecule has 1 aliphatic heterocycles. The lowest BCUT2D eigenvalue weighted by Gasteiger charge is -2.10. The summed E-state index contributed by atoms with van der Waals surface area (Å²) in [5.74, 6) is -1.55. The summed E-state index contributed by atoms with van der Waals surface area (Å²) in [6.07, 6.45) is -2.18. The van der Waals surface area contributed by atoms with E-state index in [-0.39, 0.29) is 0 Å². The largest absolute Gasteiger partial charge is 0.489 e. The Bertz CT molecular complexity index is 177. The highest BCUT2D eigenvalue weighted by Gasteiger charge is 2.38. The zero-order valence-electron chi connectivity index (χ0n) is 5.52. The maximum atomic E-state index is 10.5. The van der Waals surface area contributed by atoms with Crippen molar-refractivity contribution in [2.24, 2.45) is 11.5 Å². The lowest BCUT2D eigenvalue weighted by molar-refractivity contribution is -0.133. The number of rotatable bonds is 2. The number of carbonyl (C=O) groups excluding carboxylic acids is 2. The standard InChI is InChI=1S/C4H6BN2O4/c6-3(8)1-2(4(7)9)11-5-10-1/h1-2H,(H2,6,8)(H2,7,9). The molecule has 1 heterocycles. The number of carbonyl (C=O) groups is 2. The molecule has 0 bridgehead atoms. The topological polar surface area (TPSA) is 105 Å². The lowest BCUT2D eigenvalue weighted by atomic mass is 10.2. The molecule has 0 saturated carbocycles. The molecular formula is C4H6BN2O4. The fourth-order valence-electron chi connectivity index (χ4n) is 0.727. The van der Waals surface area contributed by atoms with E-state index in [4.69, 9.17) is 11.5 Å². The van der Waals surface area contributed by atoms with Gasteiger partial charge in [0.2, 0.25) is 11.8 Å². The van der Waals surface area contributed by atoms with Gasteiger partial charge in [-0.1, -0.05) is 0 Å². The molecular weight excluding hydrogens is 151 g/mol. The summed E-state index contributed by atoms with van der Waals surface area (Å²) in [6, 6.07) is 0. The van der Waals surface area contributed by atoms with E-state index in [2.05, 4.69) is 9.31 Å². The van der Waals surface area contributed by atoms with E-state index in [1.165, 1.54) is 0 Å². The molecule has 0 aromatic rings. The maximum Gasteiger partial charge on any atom is 0.489 e. The average molecular weight is 157 g/mol. The Morgan fingerprint density at radius 2 is 1.45 bits per heavy atom. The fourth-order valence-corrected chi connectivity index (χ4v) is 0.727. The van der Waals surface area contributed by atoms with Crippen molar-refractivity contribution in [1.29, 1.82) is 0 Å². The molecule has 0 aliphatic carbocycles. The third-order valence-electron chi connectivity index (χ3n) is 1.24. The van der Waals surface area contributed by atoms with E-state index >= 15 is 0 Å². The minimum atomic E-state index is -1.09. The molecule has 6 nitrogen and oxygen atoms in total. The van der Waals surface area contributed by atoms with E-state index in [9.17, 15) is 9.59 Å². The highest BCUT2D eigenvalue weighted by Crippen LogP contribution is 2.09. The van der Waals surface area contributed by atoms with Crippen molar-refractivity contribution in [3.8, 4) is 0 Å². The third-order valence-corrected chi connectivity index (χ3v) is 1.24. The van der Waals surface area contributed by atoms with E-state index in [0.717, 1.165) is 7.69 Å². The molecule has 2 amide bonds. The normalized spacial score (nSPS) is 29.5. The minimum absolute atomic E-state index is 0.775. The highest BCUT2D eigenvalue weighted by atomic mass is 16.6. The summed E-state index contributed by atoms with van der Waals surface area (Å²) in [7, 11) is 0.880. The summed E-state index contributed by atoms with van der Waals surface area (Å²) in [4.78, 5) is 21.0. The molecule has 1 fully saturated rings. The van der Waals surface area contributed by atoms with Gasteiger partial charge in [-0.25, -0.2) is 0 Å². The van der Waals surface area contributed by atoms with Gasteiger partial charge in [0.05, 0.1) is 0 Å². The van der Waals surface area contributed by atoms with E-state index in [0.29, 0.717) is 0 Å². The molecule has 1 saturated heterocycles. The van der Waals surface area contributed by atoms with Crippen LogP contribution in [-0.4, -0.2) is 31.7 Å². The van der Waals surface area contributed by atoms with Gasteiger partial charge in [-0.3, -0.25) is 9.59 Å². The molecule has 4 N–H and O–H groups in total. The summed E-state index contributed by atoms with van der Waals surface area (Å²) >= 11 is 0. The molecule has 11 heavy (non-hydrogen) atoms. The predicted molar refractivity (Wildman–Crippen MR) is 33.9 cm³/mol. The Labute approximate surface area is 63.1 Å². The van der Waals surface area contributed by atoms with Crippen molar-refractivity contribution >= 4 is 19.5 Å². The number of primary amides is 2. The number of nitrogens with two attached hydrogens (primary N) is 2. The second kappa shape index (κ2) is 2.89. The third kappa shape index (κ3) is 1.49. The second-order valence-electron chi connectivity index (χ2n) is 2.01. The fraction of sp³-hybridized carbons (Fsp3) is 0.500. The first-order chi connectivity index (χ1) is 5.13. The van der Waals surface area contributed by atoms with Crippen LogP contribution in [0.15, 0.2) is 0 Å². The van der Waals surface area contributed by atoms with Crippen LogP contribution in [0.1, 0.15) is 0 Å². The number of hydrogen-bond acceptors (Lipinski definition) is 4. The van der Waals surface area contributed by atoms with Crippen molar-refractivity contribution in [2.45, 2.75) is 12.2 Å². The van der Waals surface area contributed by atoms with Crippen LogP contribution in [0.5, 0.6) is 0 Å². The summed E-state index contributed by atoms with van der Waals surface area (Å²) in [5, 5.41) is 0. The summed E-state index contributed by atoms with van der Waals surface area (Å²) in [5.41, 5.74) is 9.71. The van der Waals surface area contributed by atoms with Gasteiger partial charge in [-0.05, 0) is 0 Å². The summed E-state index contributed by atoms with van der Waals surface area (Å²) in [6.45, 7) is 0. The van der Waals surface area contributed by atoms with Gasteiger partial charge in [0.25, 0.3) is 0 Å². The van der Waals surface area contributed by atoms with Gasteiger partial charge in [0, 0.05) is 0 Å². The van der Waals surface area contributed by atoms with Crippen molar-refractivity contribution < 1.29 is 18.9 Å². The molecule has 2 unspecified atom stereocenters. The summed E-state index contributed by atoms with van der Waals surface area (Å²) < 4.78 is 9.13. The number of hydrogen-bond donors (Lipinski definition) is 2. The van der Waals surface area contributed by atoms with Gasteiger partial charge in [-0.2, -0.15) is 0 Å². The molecule has 1 radical (unpaired) electrons. The Balaban J connectivity index is 2.65. The van der Waals surface area contributed by atoms with Gasteiger partial charge < -0.3 is 20.8 Å². The first-order valence-corrected chi connectivity index (χ1v) is 2.84. The van der Waals surface area contributed by atoms with Gasteiger partial charge in [0.15, 0.2) is 12.2 Å². The highest BCUT2D eigenvalue weighted by molar-refractivity contribution is 6.21. The first kappa shape index (κ1) is 8.03. The van der Waals surface area contributed by atoms with Gasteiger partial charge >= 0.3 is 7.69 Å². The van der Waals surface area contributed by atoms with E-state index < -0.39 is 24.0 Å². The average Bonchev–Trinajstić information content (AvgIpc) is 2.32. The molecule has 1 rings (SSSR count). The van der Waals surface area contributed by atoms with Crippen LogP contribution in [0.2, 0.25) is 0 Å². The van der Waals surface area contributed by atoms with Crippen molar-refractivity contribution in [1.82, 2.24) is 0 Å². The predicted octanol–water partition coefficient (Wildman–Crippen LogP) is -2.72. The van der Waals surface area contributed by atoms with Crippen LogP contribution in [0.25, 0.3) is 0 Å². The molecule has 0 spiro atoms. The van der Waals surface area contributed by atoms with Crippen LogP contribution < -0.4 is 11.5 Å². The van der Waals surface area contributed by atoms with E-state index in [1.54, 1.807) is 0 Å². The molecule has 1 aliphatic rings. The Kier molecular flexibility index (Phi) is 2.11. The maximum absolute atomic E-state index is 10.5. The Morgan fingerprint density at radius 1 is 1.09 bits per heavy atom. The second-order valence-corrected chi connectivity index (χ2v) is 2.01. The minimum Gasteiger partial charge on any atom is -0.399 e. The molecule has 59 valence electrons. The van der Waals surface area contributed by atoms with Crippen LogP contribution in [0, 0.1) is 0 Å². The van der Waals surface area contributed by atoms with Crippen LogP contribution in [0.3, 0.4) is 0 Å². The van der Waals surface area contributed by atoms with Gasteiger partial charge in [0.1, 0.15) is 0 Å². The quantitative estimate of drug-likeness (QED) is 0.424.